The molecule has 2 aromatic heterocycles. The number of amides is 2. The van der Waals surface area contributed by atoms with E-state index in [0.29, 0.717) is 37.5 Å². The minimum absolute atomic E-state index is 0.0386. The van der Waals surface area contributed by atoms with Crippen molar-refractivity contribution in [1.29, 1.82) is 0 Å². The van der Waals surface area contributed by atoms with Gasteiger partial charge in [0.25, 0.3) is 5.91 Å². The maximum atomic E-state index is 12.9. The topological polar surface area (TPSA) is 105 Å². The van der Waals surface area contributed by atoms with Gasteiger partial charge in [0.2, 0.25) is 5.91 Å². The van der Waals surface area contributed by atoms with Crippen LogP contribution in [0.1, 0.15) is 84.1 Å². The molecule has 9 heteroatoms. The monoisotopic (exact) mass is 438 g/mol. The average molecular weight is 439 g/mol. The molecule has 1 aliphatic carbocycles. The molecule has 0 N–H and O–H groups in total. The van der Waals surface area contributed by atoms with Crippen molar-refractivity contribution in [3.05, 3.63) is 28.5 Å². The Labute approximate surface area is 187 Å². The molecule has 4 heterocycles. The number of hydrogen-bond donors (Lipinski definition) is 0. The maximum absolute atomic E-state index is 12.9. The van der Waals surface area contributed by atoms with E-state index in [1.54, 1.807) is 11.8 Å². The number of anilines is 1. The Morgan fingerprint density at radius 1 is 1.03 bits per heavy atom. The molecule has 1 atom stereocenters. The summed E-state index contributed by atoms with van der Waals surface area (Å²) in [5, 5.41) is 7.46. The highest BCUT2D eigenvalue weighted by Gasteiger charge is 2.35. The van der Waals surface area contributed by atoms with Gasteiger partial charge < -0.3 is 4.90 Å². The molecule has 0 radical (unpaired) electrons. The highest BCUT2D eigenvalue weighted by molar-refractivity contribution is 5.95. The average Bonchev–Trinajstić information content (AvgIpc) is 3.45. The smallest absolute Gasteiger partial charge is 0.278 e. The molecule has 0 aromatic carbocycles. The molecule has 2 amide bonds. The summed E-state index contributed by atoms with van der Waals surface area (Å²) >= 11 is 0. The van der Waals surface area contributed by atoms with Crippen LogP contribution in [-0.4, -0.2) is 56.6 Å². The van der Waals surface area contributed by atoms with Crippen LogP contribution in [0.25, 0.3) is 0 Å². The van der Waals surface area contributed by atoms with Gasteiger partial charge in [0, 0.05) is 43.2 Å². The van der Waals surface area contributed by atoms with Gasteiger partial charge in [-0.3, -0.25) is 14.5 Å². The Hall–Kier alpha value is -2.84. The summed E-state index contributed by atoms with van der Waals surface area (Å²) in [7, 11) is 0. The number of carbonyl (C=O) groups is 2. The lowest BCUT2D eigenvalue weighted by molar-refractivity contribution is -0.119. The van der Waals surface area contributed by atoms with Crippen molar-refractivity contribution in [1.82, 2.24) is 25.2 Å². The second-order valence-electron chi connectivity index (χ2n) is 9.41. The molecule has 32 heavy (non-hydrogen) atoms. The summed E-state index contributed by atoms with van der Waals surface area (Å²) in [6, 6.07) is 0. The number of carbonyl (C=O) groups excluding carboxylic acids is 2. The predicted octanol–water partition coefficient (Wildman–Crippen LogP) is 2.97. The fourth-order valence-corrected chi connectivity index (χ4v) is 5.33. The lowest BCUT2D eigenvalue weighted by atomic mass is 9.88. The molecule has 0 spiro atoms. The van der Waals surface area contributed by atoms with Crippen LogP contribution in [0.5, 0.6) is 0 Å². The van der Waals surface area contributed by atoms with E-state index < -0.39 is 0 Å². The lowest BCUT2D eigenvalue weighted by Gasteiger charge is -2.33. The molecular weight excluding hydrogens is 408 g/mol. The van der Waals surface area contributed by atoms with Gasteiger partial charge in [-0.2, -0.15) is 0 Å². The zero-order valence-electron chi connectivity index (χ0n) is 18.8. The molecule has 1 saturated heterocycles. The van der Waals surface area contributed by atoms with Gasteiger partial charge in [-0.25, -0.2) is 14.6 Å². The summed E-state index contributed by atoms with van der Waals surface area (Å²) in [4.78, 5) is 39.1. The number of aryl methyl sites for hydroxylation is 2. The van der Waals surface area contributed by atoms with E-state index in [1.165, 1.54) is 32.1 Å². The Kier molecular flexibility index (Phi) is 5.65. The third kappa shape index (κ3) is 3.89. The lowest BCUT2D eigenvalue weighted by Crippen LogP contribution is -2.40. The predicted molar refractivity (Wildman–Crippen MR) is 116 cm³/mol. The first-order valence-electron chi connectivity index (χ1n) is 11.8. The van der Waals surface area contributed by atoms with Gasteiger partial charge in [0.15, 0.2) is 5.69 Å². The van der Waals surface area contributed by atoms with E-state index in [9.17, 15) is 9.59 Å². The Balaban J connectivity index is 1.38. The fraction of sp³-hybridized carbons (Fsp3) is 0.652. The van der Waals surface area contributed by atoms with Crippen LogP contribution in [-0.2, 0) is 11.2 Å². The number of rotatable bonds is 4. The number of nitrogens with zero attached hydrogens (tertiary/aromatic N) is 6. The van der Waals surface area contributed by atoms with E-state index in [1.807, 2.05) is 11.8 Å². The second-order valence-corrected chi connectivity index (χ2v) is 9.41. The van der Waals surface area contributed by atoms with Crippen molar-refractivity contribution in [2.24, 2.45) is 5.92 Å². The van der Waals surface area contributed by atoms with Crippen LogP contribution >= 0.6 is 0 Å². The van der Waals surface area contributed by atoms with Gasteiger partial charge in [-0.15, -0.1) is 0 Å². The van der Waals surface area contributed by atoms with E-state index >= 15 is 0 Å². The standard InChI is InChI=1S/C23H30N6O3/c1-14-18-8-9-19(30)29(12-16-6-4-3-5-7-16)22(18)25-21(24-14)17-10-11-28(13-17)23(31)20-15(2)26-32-27-20/h16-17H,3-13H2,1-2H3/t17-/m0/s1. The summed E-state index contributed by atoms with van der Waals surface area (Å²) < 4.78 is 4.69. The largest absolute Gasteiger partial charge is 0.336 e. The van der Waals surface area contributed by atoms with Crippen LogP contribution < -0.4 is 4.90 Å². The zero-order chi connectivity index (χ0) is 22.2. The molecule has 0 unspecified atom stereocenters. The minimum atomic E-state index is -0.171. The molecule has 2 fully saturated rings. The van der Waals surface area contributed by atoms with E-state index in [2.05, 4.69) is 14.9 Å². The first kappa shape index (κ1) is 21.0. The first-order valence-corrected chi connectivity index (χ1v) is 11.8. The number of likely N-dealkylation sites (tertiary alicyclic amines) is 1. The van der Waals surface area contributed by atoms with Gasteiger partial charge in [0.1, 0.15) is 17.3 Å². The normalized spacial score (nSPS) is 21.8. The summed E-state index contributed by atoms with van der Waals surface area (Å²) in [5.74, 6) is 2.12. The first-order chi connectivity index (χ1) is 15.5. The van der Waals surface area contributed by atoms with Crippen molar-refractivity contribution in [3.63, 3.8) is 0 Å². The maximum Gasteiger partial charge on any atom is 0.278 e. The van der Waals surface area contributed by atoms with Crippen LogP contribution in [0.2, 0.25) is 0 Å². The quantitative estimate of drug-likeness (QED) is 0.722. The van der Waals surface area contributed by atoms with Crippen LogP contribution in [0, 0.1) is 19.8 Å². The van der Waals surface area contributed by atoms with Crippen molar-refractivity contribution < 1.29 is 14.2 Å². The van der Waals surface area contributed by atoms with Crippen LogP contribution in [0.15, 0.2) is 4.63 Å². The second kappa shape index (κ2) is 8.60. The van der Waals surface area contributed by atoms with E-state index in [-0.39, 0.29) is 23.4 Å². The highest BCUT2D eigenvalue weighted by atomic mass is 16.6. The zero-order valence-corrected chi connectivity index (χ0v) is 18.8. The Morgan fingerprint density at radius 3 is 2.59 bits per heavy atom. The molecular formula is C23H30N6O3. The van der Waals surface area contributed by atoms with Crippen LogP contribution in [0.4, 0.5) is 5.82 Å². The third-order valence-corrected chi connectivity index (χ3v) is 7.22. The highest BCUT2D eigenvalue weighted by Crippen LogP contribution is 2.34. The summed E-state index contributed by atoms with van der Waals surface area (Å²) in [6.07, 6.45) is 8.19. The van der Waals surface area contributed by atoms with Crippen LogP contribution in [0.3, 0.4) is 0 Å². The van der Waals surface area contributed by atoms with Gasteiger partial charge in [-0.05, 0) is 50.6 Å². The molecule has 0 bridgehead atoms. The third-order valence-electron chi connectivity index (χ3n) is 7.22. The Bertz CT molecular complexity index is 1030. The fourth-order valence-electron chi connectivity index (χ4n) is 5.33. The molecule has 2 aliphatic heterocycles. The SMILES string of the molecule is Cc1nonc1C(=O)N1CC[C@H](c2nc(C)c3c(n2)N(CC2CCCCC2)C(=O)CC3)C1. The van der Waals surface area contributed by atoms with Crippen molar-refractivity contribution in [3.8, 4) is 0 Å². The van der Waals surface area contributed by atoms with Crippen molar-refractivity contribution in [2.75, 3.05) is 24.5 Å². The molecule has 1 saturated carbocycles. The van der Waals surface area contributed by atoms with Crippen molar-refractivity contribution >= 4 is 17.6 Å². The summed E-state index contributed by atoms with van der Waals surface area (Å²) in [5.41, 5.74) is 2.81. The number of aromatic nitrogens is 4. The van der Waals surface area contributed by atoms with Gasteiger partial charge >= 0.3 is 0 Å². The van der Waals surface area contributed by atoms with E-state index in [4.69, 9.17) is 9.97 Å². The van der Waals surface area contributed by atoms with Crippen molar-refractivity contribution in [2.45, 2.75) is 71.1 Å². The minimum Gasteiger partial charge on any atom is -0.336 e. The molecule has 2 aromatic rings. The van der Waals surface area contributed by atoms with E-state index in [0.717, 1.165) is 35.9 Å². The van der Waals surface area contributed by atoms with Gasteiger partial charge in [0.05, 0.1) is 0 Å². The molecule has 9 nitrogen and oxygen atoms in total. The van der Waals surface area contributed by atoms with Gasteiger partial charge in [-0.1, -0.05) is 24.4 Å². The Morgan fingerprint density at radius 2 is 1.84 bits per heavy atom. The number of hydrogen-bond acceptors (Lipinski definition) is 7. The molecule has 5 rings (SSSR count). The number of fused-ring (bicyclic) bond motifs is 1. The molecule has 170 valence electrons. The summed E-state index contributed by atoms with van der Waals surface area (Å²) in [6.45, 7) is 5.63. The molecule has 3 aliphatic rings.